The van der Waals surface area contributed by atoms with Gasteiger partial charge in [0.15, 0.2) is 0 Å². The number of carbonyl (C=O) groups is 1. The van der Waals surface area contributed by atoms with Gasteiger partial charge in [0.25, 0.3) is 0 Å². The molecular weight excluding hydrogens is 264 g/mol. The van der Waals surface area contributed by atoms with Gasteiger partial charge < -0.3 is 10.0 Å². The zero-order valence-corrected chi connectivity index (χ0v) is 12.2. The molecule has 110 valence electrons. The summed E-state index contributed by atoms with van der Waals surface area (Å²) in [5.74, 6) is 0.811. The first kappa shape index (κ1) is 13.9. The van der Waals surface area contributed by atoms with Crippen molar-refractivity contribution < 1.29 is 9.90 Å². The predicted octanol–water partition coefficient (Wildman–Crippen LogP) is 3.56. The Hall–Kier alpha value is -2.10. The van der Waals surface area contributed by atoms with Crippen molar-refractivity contribution in [3.63, 3.8) is 0 Å². The minimum Gasteiger partial charge on any atom is -0.478 e. The molecule has 21 heavy (non-hydrogen) atoms. The summed E-state index contributed by atoms with van der Waals surface area (Å²) in [5, 5.41) is 11.0. The van der Waals surface area contributed by atoms with Gasteiger partial charge in [-0.15, -0.1) is 0 Å². The third-order valence-electron chi connectivity index (χ3n) is 4.50. The Labute approximate surface area is 124 Å². The van der Waals surface area contributed by atoms with Gasteiger partial charge in [-0.2, -0.15) is 0 Å². The Morgan fingerprint density at radius 2 is 1.95 bits per heavy atom. The number of nitrogens with zero attached hydrogens (tertiary/aromatic N) is 2. The Bertz CT molecular complexity index is 661. The van der Waals surface area contributed by atoms with E-state index in [1.54, 1.807) is 0 Å². The van der Waals surface area contributed by atoms with Gasteiger partial charge in [-0.05, 0) is 18.8 Å². The van der Waals surface area contributed by atoms with Gasteiger partial charge in [0, 0.05) is 30.1 Å². The highest BCUT2D eigenvalue weighted by Gasteiger charge is 2.21. The number of anilines is 1. The van der Waals surface area contributed by atoms with Crippen molar-refractivity contribution in [3.05, 3.63) is 36.0 Å². The zero-order valence-electron chi connectivity index (χ0n) is 12.2. The van der Waals surface area contributed by atoms with Crippen molar-refractivity contribution in [1.29, 1.82) is 0 Å². The molecule has 1 aromatic carbocycles. The smallest absolute Gasteiger partial charge is 0.337 e. The van der Waals surface area contributed by atoms with Gasteiger partial charge in [0.05, 0.1) is 5.56 Å². The van der Waals surface area contributed by atoms with Crippen molar-refractivity contribution in [3.8, 4) is 0 Å². The molecule has 1 fully saturated rings. The van der Waals surface area contributed by atoms with E-state index in [0.29, 0.717) is 0 Å². The van der Waals surface area contributed by atoms with Gasteiger partial charge in [-0.3, -0.25) is 0 Å². The number of piperidine rings is 1. The minimum absolute atomic E-state index is 0.276. The SMILES string of the molecule is CCC1CCN(c2ncc(C(=O)O)c3ccccc23)CC1. The van der Waals surface area contributed by atoms with E-state index in [2.05, 4.69) is 16.8 Å². The summed E-state index contributed by atoms with van der Waals surface area (Å²) in [4.78, 5) is 18.1. The lowest BCUT2D eigenvalue weighted by molar-refractivity contribution is 0.0698. The number of benzene rings is 1. The van der Waals surface area contributed by atoms with Crippen molar-refractivity contribution >= 4 is 22.6 Å². The maximum atomic E-state index is 11.3. The molecule has 2 aromatic rings. The first-order valence-corrected chi connectivity index (χ1v) is 7.56. The number of aromatic nitrogens is 1. The second-order valence-electron chi connectivity index (χ2n) is 5.68. The van der Waals surface area contributed by atoms with Gasteiger partial charge in [0.2, 0.25) is 0 Å². The molecule has 1 aliphatic rings. The standard InChI is InChI=1S/C17H20N2O2/c1-2-12-7-9-19(10-8-12)16-14-6-4-3-5-13(14)15(11-18-16)17(20)21/h3-6,11-12H,2,7-10H2,1H3,(H,20,21). The molecule has 0 amide bonds. The molecule has 0 spiro atoms. The highest BCUT2D eigenvalue weighted by atomic mass is 16.4. The van der Waals surface area contributed by atoms with E-state index in [1.807, 2.05) is 24.3 Å². The van der Waals surface area contributed by atoms with E-state index in [9.17, 15) is 9.90 Å². The van der Waals surface area contributed by atoms with E-state index in [4.69, 9.17) is 0 Å². The Morgan fingerprint density at radius 3 is 2.57 bits per heavy atom. The van der Waals surface area contributed by atoms with Crippen LogP contribution in [0.2, 0.25) is 0 Å². The second kappa shape index (κ2) is 5.72. The molecule has 4 heteroatoms. The van der Waals surface area contributed by atoms with Gasteiger partial charge in [-0.1, -0.05) is 37.6 Å². The van der Waals surface area contributed by atoms with E-state index >= 15 is 0 Å². The summed E-state index contributed by atoms with van der Waals surface area (Å²) in [6.45, 7) is 4.25. The largest absolute Gasteiger partial charge is 0.478 e. The van der Waals surface area contributed by atoms with Crippen LogP contribution in [0.4, 0.5) is 5.82 Å². The minimum atomic E-state index is -0.921. The number of pyridine rings is 1. The van der Waals surface area contributed by atoms with Gasteiger partial charge in [0.1, 0.15) is 5.82 Å². The lowest BCUT2D eigenvalue weighted by Gasteiger charge is -2.33. The van der Waals surface area contributed by atoms with Crippen LogP contribution in [-0.4, -0.2) is 29.1 Å². The van der Waals surface area contributed by atoms with Crippen molar-refractivity contribution in [2.24, 2.45) is 5.92 Å². The number of carboxylic acids is 1. The Morgan fingerprint density at radius 1 is 1.29 bits per heavy atom. The fourth-order valence-corrected chi connectivity index (χ4v) is 3.15. The third-order valence-corrected chi connectivity index (χ3v) is 4.50. The number of carboxylic acid groups (broad SMARTS) is 1. The molecule has 0 atom stereocenters. The lowest BCUT2D eigenvalue weighted by Crippen LogP contribution is -2.34. The van der Waals surface area contributed by atoms with Crippen LogP contribution in [-0.2, 0) is 0 Å². The van der Waals surface area contributed by atoms with Crippen molar-refractivity contribution in [1.82, 2.24) is 4.98 Å². The van der Waals surface area contributed by atoms with Crippen molar-refractivity contribution in [2.75, 3.05) is 18.0 Å². The molecule has 1 N–H and O–H groups in total. The zero-order chi connectivity index (χ0) is 14.8. The highest BCUT2D eigenvalue weighted by Crippen LogP contribution is 2.30. The van der Waals surface area contributed by atoms with Crippen LogP contribution >= 0.6 is 0 Å². The van der Waals surface area contributed by atoms with Crippen LogP contribution in [0.25, 0.3) is 10.8 Å². The quantitative estimate of drug-likeness (QED) is 0.936. The summed E-state index contributed by atoms with van der Waals surface area (Å²) in [6, 6.07) is 7.65. The molecule has 1 saturated heterocycles. The van der Waals surface area contributed by atoms with E-state index in [1.165, 1.54) is 25.5 Å². The fraction of sp³-hybridized carbons (Fsp3) is 0.412. The maximum Gasteiger partial charge on any atom is 0.337 e. The molecule has 1 aromatic heterocycles. The normalized spacial score (nSPS) is 16.3. The number of rotatable bonds is 3. The summed E-state index contributed by atoms with van der Waals surface area (Å²) in [7, 11) is 0. The molecule has 3 rings (SSSR count). The highest BCUT2D eigenvalue weighted by molar-refractivity contribution is 6.06. The molecule has 0 bridgehead atoms. The van der Waals surface area contributed by atoms with E-state index in [-0.39, 0.29) is 5.56 Å². The Kier molecular flexibility index (Phi) is 3.78. The number of hydrogen-bond donors (Lipinski definition) is 1. The average molecular weight is 284 g/mol. The molecular formula is C17H20N2O2. The number of hydrogen-bond acceptors (Lipinski definition) is 3. The molecule has 4 nitrogen and oxygen atoms in total. The fourth-order valence-electron chi connectivity index (χ4n) is 3.15. The molecule has 0 radical (unpaired) electrons. The molecule has 1 aliphatic heterocycles. The first-order valence-electron chi connectivity index (χ1n) is 7.56. The Balaban J connectivity index is 2.00. The van der Waals surface area contributed by atoms with Crippen LogP contribution in [0, 0.1) is 5.92 Å². The van der Waals surface area contributed by atoms with Crippen LogP contribution in [0.5, 0.6) is 0 Å². The summed E-state index contributed by atoms with van der Waals surface area (Å²) in [6.07, 6.45) is 5.10. The monoisotopic (exact) mass is 284 g/mol. The van der Waals surface area contributed by atoms with Gasteiger partial charge >= 0.3 is 5.97 Å². The molecule has 2 heterocycles. The maximum absolute atomic E-state index is 11.3. The molecule has 0 saturated carbocycles. The summed E-state index contributed by atoms with van der Waals surface area (Å²) < 4.78 is 0. The summed E-state index contributed by atoms with van der Waals surface area (Å²) >= 11 is 0. The van der Waals surface area contributed by atoms with Crippen LogP contribution in [0.15, 0.2) is 30.5 Å². The first-order chi connectivity index (χ1) is 10.2. The van der Waals surface area contributed by atoms with E-state index < -0.39 is 5.97 Å². The third kappa shape index (κ3) is 2.58. The predicted molar refractivity (Wildman–Crippen MR) is 83.9 cm³/mol. The summed E-state index contributed by atoms with van der Waals surface area (Å²) in [5.41, 5.74) is 0.276. The molecule has 0 unspecified atom stereocenters. The topological polar surface area (TPSA) is 53.4 Å². The number of fused-ring (bicyclic) bond motifs is 1. The van der Waals surface area contributed by atoms with Crippen LogP contribution in [0.1, 0.15) is 36.5 Å². The molecule has 0 aliphatic carbocycles. The average Bonchev–Trinajstić information content (AvgIpc) is 2.54. The van der Waals surface area contributed by atoms with Crippen LogP contribution in [0.3, 0.4) is 0 Å². The lowest BCUT2D eigenvalue weighted by atomic mass is 9.94. The van der Waals surface area contributed by atoms with Gasteiger partial charge in [-0.25, -0.2) is 9.78 Å². The number of aromatic carboxylic acids is 1. The second-order valence-corrected chi connectivity index (χ2v) is 5.68. The van der Waals surface area contributed by atoms with Crippen molar-refractivity contribution in [2.45, 2.75) is 26.2 Å². The van der Waals surface area contributed by atoms with E-state index in [0.717, 1.165) is 35.6 Å². The van der Waals surface area contributed by atoms with Crippen LogP contribution < -0.4 is 4.90 Å².